The Morgan fingerprint density at radius 1 is 1.43 bits per heavy atom. The number of benzene rings is 1. The smallest absolute Gasteiger partial charge is 0.270 e. The zero-order chi connectivity index (χ0) is 15.2. The molecular formula is C14H18BrN3O3. The van der Waals surface area contributed by atoms with E-state index in [2.05, 4.69) is 26.6 Å². The lowest BCUT2D eigenvalue weighted by Crippen LogP contribution is -2.26. The first-order valence-corrected chi connectivity index (χ1v) is 7.78. The van der Waals surface area contributed by atoms with Crippen LogP contribution < -0.4 is 10.6 Å². The second kappa shape index (κ2) is 7.51. The van der Waals surface area contributed by atoms with E-state index in [9.17, 15) is 14.9 Å². The molecule has 0 heterocycles. The molecule has 0 spiro atoms. The van der Waals surface area contributed by atoms with Gasteiger partial charge >= 0.3 is 0 Å². The van der Waals surface area contributed by atoms with Crippen molar-refractivity contribution in [3.05, 3.63) is 38.3 Å². The third-order valence-corrected chi connectivity index (χ3v) is 4.00. The molecule has 1 aliphatic carbocycles. The number of non-ortho nitro benzene ring substituents is 1. The highest BCUT2D eigenvalue weighted by Crippen LogP contribution is 2.22. The van der Waals surface area contributed by atoms with Crippen molar-refractivity contribution in [3.63, 3.8) is 0 Å². The topological polar surface area (TPSA) is 84.3 Å². The van der Waals surface area contributed by atoms with E-state index in [-0.39, 0.29) is 11.6 Å². The lowest BCUT2D eigenvalue weighted by molar-refractivity contribution is -0.384. The van der Waals surface area contributed by atoms with Crippen molar-refractivity contribution >= 4 is 27.5 Å². The molecule has 0 saturated heterocycles. The van der Waals surface area contributed by atoms with E-state index in [1.54, 1.807) is 6.07 Å². The molecule has 2 N–H and O–H groups in total. The number of hydrogen-bond donors (Lipinski definition) is 2. The third-order valence-electron chi connectivity index (χ3n) is 3.26. The van der Waals surface area contributed by atoms with Crippen molar-refractivity contribution < 1.29 is 9.72 Å². The summed E-state index contributed by atoms with van der Waals surface area (Å²) in [5.41, 5.74) is 1.03. The summed E-state index contributed by atoms with van der Waals surface area (Å²) in [6, 6.07) is 5.14. The Kier molecular flexibility index (Phi) is 5.69. The van der Waals surface area contributed by atoms with Gasteiger partial charge in [-0.3, -0.25) is 14.9 Å². The van der Waals surface area contributed by atoms with Crippen molar-refractivity contribution in [1.29, 1.82) is 0 Å². The average molecular weight is 356 g/mol. The molecule has 1 amide bonds. The van der Waals surface area contributed by atoms with Gasteiger partial charge in [0.1, 0.15) is 0 Å². The zero-order valence-corrected chi connectivity index (χ0v) is 13.2. The largest absolute Gasteiger partial charge is 0.353 e. The zero-order valence-electron chi connectivity index (χ0n) is 11.6. The Balaban J connectivity index is 1.66. The van der Waals surface area contributed by atoms with Crippen LogP contribution in [-0.4, -0.2) is 23.4 Å². The van der Waals surface area contributed by atoms with Gasteiger partial charge in [-0.2, -0.15) is 0 Å². The third kappa shape index (κ3) is 5.43. The Labute approximate surface area is 131 Å². The van der Waals surface area contributed by atoms with Crippen LogP contribution in [0.1, 0.15) is 31.2 Å². The molecule has 0 unspecified atom stereocenters. The summed E-state index contributed by atoms with van der Waals surface area (Å²) in [4.78, 5) is 21.7. The number of nitrogens with zero attached hydrogens (tertiary/aromatic N) is 1. The summed E-state index contributed by atoms with van der Waals surface area (Å²) in [5.74, 6) is 0.121. The number of carbonyl (C=O) groups is 1. The van der Waals surface area contributed by atoms with Crippen LogP contribution in [0.4, 0.5) is 5.69 Å². The van der Waals surface area contributed by atoms with Crippen molar-refractivity contribution in [2.24, 2.45) is 0 Å². The first kappa shape index (κ1) is 15.9. The van der Waals surface area contributed by atoms with Gasteiger partial charge in [-0.05, 0) is 37.4 Å². The van der Waals surface area contributed by atoms with E-state index in [0.717, 1.165) is 35.8 Å². The van der Waals surface area contributed by atoms with Crippen LogP contribution in [0.15, 0.2) is 22.7 Å². The number of halogens is 1. The predicted octanol–water partition coefficient (Wildman–Crippen LogP) is 2.51. The summed E-state index contributed by atoms with van der Waals surface area (Å²) < 4.78 is 0.718. The minimum atomic E-state index is -0.416. The molecule has 1 aliphatic rings. The monoisotopic (exact) mass is 355 g/mol. The van der Waals surface area contributed by atoms with E-state index in [4.69, 9.17) is 0 Å². The Hall–Kier alpha value is -1.47. The van der Waals surface area contributed by atoms with E-state index < -0.39 is 4.92 Å². The average Bonchev–Trinajstić information content (AvgIpc) is 3.23. The van der Waals surface area contributed by atoms with E-state index in [1.807, 2.05) is 0 Å². The Morgan fingerprint density at radius 3 is 2.81 bits per heavy atom. The van der Waals surface area contributed by atoms with Crippen LogP contribution >= 0.6 is 15.9 Å². The van der Waals surface area contributed by atoms with Crippen LogP contribution in [0, 0.1) is 10.1 Å². The molecule has 1 aromatic carbocycles. The minimum absolute atomic E-state index is 0.0716. The fourth-order valence-corrected chi connectivity index (χ4v) is 2.42. The van der Waals surface area contributed by atoms with Gasteiger partial charge in [-0.25, -0.2) is 0 Å². The van der Waals surface area contributed by atoms with Gasteiger partial charge in [0, 0.05) is 35.6 Å². The predicted molar refractivity (Wildman–Crippen MR) is 82.9 cm³/mol. The van der Waals surface area contributed by atoms with E-state index >= 15 is 0 Å². The van der Waals surface area contributed by atoms with Gasteiger partial charge in [0.25, 0.3) is 5.69 Å². The summed E-state index contributed by atoms with van der Waals surface area (Å²) >= 11 is 3.33. The van der Waals surface area contributed by atoms with Gasteiger partial charge in [-0.15, -0.1) is 0 Å². The fraction of sp³-hybridized carbons (Fsp3) is 0.500. The maximum Gasteiger partial charge on any atom is 0.270 e. The standard InChI is InChI=1S/C14H18BrN3O3/c15-13-8-12(18(20)21)6-3-10(13)9-16-7-1-2-14(19)17-11-4-5-11/h3,6,8,11,16H,1-2,4-5,7,9H2,(H,17,19). The van der Waals surface area contributed by atoms with Gasteiger partial charge in [-0.1, -0.05) is 15.9 Å². The summed E-state index contributed by atoms with van der Waals surface area (Å²) in [6.07, 6.45) is 3.53. The molecule has 0 radical (unpaired) electrons. The second-order valence-electron chi connectivity index (χ2n) is 5.15. The molecule has 0 aliphatic heterocycles. The van der Waals surface area contributed by atoms with Crippen molar-refractivity contribution in [3.8, 4) is 0 Å². The van der Waals surface area contributed by atoms with Gasteiger partial charge < -0.3 is 10.6 Å². The lowest BCUT2D eigenvalue weighted by Gasteiger charge is -2.07. The van der Waals surface area contributed by atoms with Crippen LogP contribution in [0.3, 0.4) is 0 Å². The van der Waals surface area contributed by atoms with Gasteiger partial charge in [0.15, 0.2) is 0 Å². The van der Waals surface area contributed by atoms with E-state index in [1.165, 1.54) is 12.1 Å². The maximum absolute atomic E-state index is 11.5. The van der Waals surface area contributed by atoms with Crippen molar-refractivity contribution in [2.75, 3.05) is 6.54 Å². The Morgan fingerprint density at radius 2 is 2.19 bits per heavy atom. The Bertz CT molecular complexity index is 532. The summed E-state index contributed by atoms with van der Waals surface area (Å²) in [6.45, 7) is 1.35. The molecule has 1 saturated carbocycles. The molecule has 0 atom stereocenters. The molecule has 1 fully saturated rings. The molecule has 1 aromatic rings. The lowest BCUT2D eigenvalue weighted by atomic mass is 10.2. The van der Waals surface area contributed by atoms with Crippen LogP contribution in [0.5, 0.6) is 0 Å². The molecule has 21 heavy (non-hydrogen) atoms. The number of carbonyl (C=O) groups excluding carboxylic acids is 1. The van der Waals surface area contributed by atoms with E-state index in [0.29, 0.717) is 19.0 Å². The molecule has 114 valence electrons. The van der Waals surface area contributed by atoms with Crippen LogP contribution in [-0.2, 0) is 11.3 Å². The number of hydrogen-bond acceptors (Lipinski definition) is 4. The van der Waals surface area contributed by atoms with Gasteiger partial charge in [0.05, 0.1) is 4.92 Å². The highest BCUT2D eigenvalue weighted by molar-refractivity contribution is 9.10. The second-order valence-corrected chi connectivity index (χ2v) is 6.01. The van der Waals surface area contributed by atoms with Crippen LogP contribution in [0.25, 0.3) is 0 Å². The van der Waals surface area contributed by atoms with Crippen LogP contribution in [0.2, 0.25) is 0 Å². The number of nitro benzene ring substituents is 1. The molecule has 2 rings (SSSR count). The molecule has 7 heteroatoms. The number of nitrogens with one attached hydrogen (secondary N) is 2. The van der Waals surface area contributed by atoms with Gasteiger partial charge in [0.2, 0.25) is 5.91 Å². The maximum atomic E-state index is 11.5. The fourth-order valence-electron chi connectivity index (χ4n) is 1.92. The first-order chi connectivity index (χ1) is 10.1. The SMILES string of the molecule is O=C(CCCNCc1ccc([N+](=O)[O-])cc1Br)NC1CC1. The summed E-state index contributed by atoms with van der Waals surface area (Å²) in [7, 11) is 0. The number of rotatable bonds is 8. The van der Waals surface area contributed by atoms with Crippen molar-refractivity contribution in [2.45, 2.75) is 38.3 Å². The highest BCUT2D eigenvalue weighted by atomic mass is 79.9. The number of nitro groups is 1. The van der Waals surface area contributed by atoms with Crippen molar-refractivity contribution in [1.82, 2.24) is 10.6 Å². The minimum Gasteiger partial charge on any atom is -0.353 e. The molecular weight excluding hydrogens is 338 g/mol. The quantitative estimate of drug-likeness (QED) is 0.426. The number of amides is 1. The molecule has 0 bridgehead atoms. The molecule has 0 aromatic heterocycles. The molecule has 6 nitrogen and oxygen atoms in total. The first-order valence-electron chi connectivity index (χ1n) is 6.99. The summed E-state index contributed by atoms with van der Waals surface area (Å²) in [5, 5.41) is 16.8. The highest BCUT2D eigenvalue weighted by Gasteiger charge is 2.22. The normalized spacial score (nSPS) is 14.0.